The number of hydrogen-bond acceptors (Lipinski definition) is 3. The van der Waals surface area contributed by atoms with E-state index in [0.29, 0.717) is 5.56 Å². The van der Waals surface area contributed by atoms with Crippen LogP contribution in [0.25, 0.3) is 5.69 Å². The molecule has 2 aromatic rings. The number of aromatic nitrogens is 1. The molecule has 0 saturated heterocycles. The molecule has 0 fully saturated rings. The van der Waals surface area contributed by atoms with Gasteiger partial charge in [-0.1, -0.05) is 11.2 Å². The van der Waals surface area contributed by atoms with Crippen LogP contribution in [0.2, 0.25) is 0 Å². The lowest BCUT2D eigenvalue weighted by Crippen LogP contribution is -2.16. The number of nitrogens with two attached hydrogens (primary N) is 1. The highest BCUT2D eigenvalue weighted by molar-refractivity contribution is 5.97. The summed E-state index contributed by atoms with van der Waals surface area (Å²) in [4.78, 5) is 11.6. The summed E-state index contributed by atoms with van der Waals surface area (Å²) in [6, 6.07) is 11.8. The maximum absolute atomic E-state index is 11.6. The molecule has 0 aliphatic carbocycles. The third-order valence-electron chi connectivity index (χ3n) is 2.37. The Labute approximate surface area is 97.4 Å². The Hall–Kier alpha value is -2.56. The number of rotatable bonds is 2. The fraction of sp³-hybridized carbons (Fsp3) is 0. The third kappa shape index (κ3) is 2.17. The summed E-state index contributed by atoms with van der Waals surface area (Å²) in [6.45, 7) is 0. The molecule has 5 nitrogen and oxygen atoms in total. The molecule has 0 aliphatic rings. The molecule has 0 unspecified atom stereocenters. The lowest BCUT2D eigenvalue weighted by atomic mass is 10.2. The molecule has 5 heteroatoms. The maximum Gasteiger partial charge on any atom is 0.255 e. The van der Waals surface area contributed by atoms with Crippen LogP contribution in [0.15, 0.2) is 58.6 Å². The zero-order chi connectivity index (χ0) is 12.3. The SMILES string of the molecule is NC(=NO)c1ccc(-n2ccccc2=O)cc1. The van der Waals surface area contributed by atoms with E-state index in [2.05, 4.69) is 5.16 Å². The van der Waals surface area contributed by atoms with Gasteiger partial charge in [-0.25, -0.2) is 0 Å². The predicted octanol–water partition coefficient (Wildman–Crippen LogP) is 0.932. The summed E-state index contributed by atoms with van der Waals surface area (Å²) in [5.41, 5.74) is 6.66. The smallest absolute Gasteiger partial charge is 0.255 e. The van der Waals surface area contributed by atoms with Gasteiger partial charge in [0.2, 0.25) is 0 Å². The van der Waals surface area contributed by atoms with Crippen LogP contribution in [0.5, 0.6) is 0 Å². The summed E-state index contributed by atoms with van der Waals surface area (Å²) < 4.78 is 1.51. The Morgan fingerprint density at radius 2 is 1.88 bits per heavy atom. The number of amidine groups is 1. The van der Waals surface area contributed by atoms with Crippen molar-refractivity contribution >= 4 is 5.84 Å². The lowest BCUT2D eigenvalue weighted by molar-refractivity contribution is 0.318. The van der Waals surface area contributed by atoms with E-state index in [1.165, 1.54) is 10.6 Å². The van der Waals surface area contributed by atoms with Gasteiger partial charge in [0.15, 0.2) is 5.84 Å². The van der Waals surface area contributed by atoms with Gasteiger partial charge in [0.05, 0.1) is 0 Å². The van der Waals surface area contributed by atoms with Crippen LogP contribution in [-0.2, 0) is 0 Å². The van der Waals surface area contributed by atoms with E-state index in [4.69, 9.17) is 10.9 Å². The topological polar surface area (TPSA) is 80.6 Å². The Morgan fingerprint density at radius 1 is 1.18 bits per heavy atom. The zero-order valence-corrected chi connectivity index (χ0v) is 8.95. The van der Waals surface area contributed by atoms with Gasteiger partial charge >= 0.3 is 0 Å². The molecule has 1 aromatic carbocycles. The normalized spacial score (nSPS) is 11.4. The second kappa shape index (κ2) is 4.52. The Kier molecular flexibility index (Phi) is 2.91. The molecular weight excluding hydrogens is 218 g/mol. The molecule has 0 saturated carbocycles. The van der Waals surface area contributed by atoms with E-state index in [1.54, 1.807) is 42.6 Å². The first kappa shape index (κ1) is 10.9. The van der Waals surface area contributed by atoms with Crippen LogP contribution in [0, 0.1) is 0 Å². The number of nitrogens with zero attached hydrogens (tertiary/aromatic N) is 2. The van der Waals surface area contributed by atoms with E-state index in [9.17, 15) is 4.79 Å². The Bertz CT molecular complexity index is 600. The van der Waals surface area contributed by atoms with Crippen molar-refractivity contribution in [2.75, 3.05) is 0 Å². The van der Waals surface area contributed by atoms with E-state index < -0.39 is 0 Å². The first-order chi connectivity index (χ1) is 8.22. The van der Waals surface area contributed by atoms with Gasteiger partial charge in [-0.3, -0.25) is 9.36 Å². The number of benzene rings is 1. The maximum atomic E-state index is 11.6. The van der Waals surface area contributed by atoms with Crippen molar-refractivity contribution in [2.45, 2.75) is 0 Å². The highest BCUT2D eigenvalue weighted by Gasteiger charge is 2.01. The van der Waals surface area contributed by atoms with Gasteiger partial charge in [0, 0.05) is 23.5 Å². The molecule has 0 aliphatic heterocycles. The molecule has 3 N–H and O–H groups in total. The minimum atomic E-state index is -0.107. The summed E-state index contributed by atoms with van der Waals surface area (Å²) in [7, 11) is 0. The van der Waals surface area contributed by atoms with Crippen molar-refractivity contribution in [3.05, 3.63) is 64.6 Å². The van der Waals surface area contributed by atoms with Gasteiger partial charge < -0.3 is 10.9 Å². The molecule has 2 rings (SSSR count). The van der Waals surface area contributed by atoms with Crippen LogP contribution in [0.3, 0.4) is 0 Å². The summed E-state index contributed by atoms with van der Waals surface area (Å²) in [5, 5.41) is 11.4. The van der Waals surface area contributed by atoms with Gasteiger partial charge in [-0.15, -0.1) is 0 Å². The minimum absolute atomic E-state index is 0.0389. The average molecular weight is 229 g/mol. The van der Waals surface area contributed by atoms with Crippen molar-refractivity contribution < 1.29 is 5.21 Å². The first-order valence-electron chi connectivity index (χ1n) is 4.98. The van der Waals surface area contributed by atoms with Crippen LogP contribution >= 0.6 is 0 Å². The van der Waals surface area contributed by atoms with Gasteiger partial charge in [0.1, 0.15) is 0 Å². The second-order valence-electron chi connectivity index (χ2n) is 3.44. The molecule has 0 amide bonds. The highest BCUT2D eigenvalue weighted by Crippen LogP contribution is 2.07. The van der Waals surface area contributed by atoms with E-state index in [0.717, 1.165) is 5.69 Å². The quantitative estimate of drug-likeness (QED) is 0.348. The molecule has 86 valence electrons. The van der Waals surface area contributed by atoms with Crippen molar-refractivity contribution in [1.29, 1.82) is 0 Å². The van der Waals surface area contributed by atoms with E-state index in [-0.39, 0.29) is 11.4 Å². The lowest BCUT2D eigenvalue weighted by Gasteiger charge is -2.05. The summed E-state index contributed by atoms with van der Waals surface area (Å²) >= 11 is 0. The number of hydrogen-bond donors (Lipinski definition) is 2. The Morgan fingerprint density at radius 3 is 2.47 bits per heavy atom. The summed E-state index contributed by atoms with van der Waals surface area (Å²) in [5.74, 6) is 0.0389. The fourth-order valence-corrected chi connectivity index (χ4v) is 1.49. The minimum Gasteiger partial charge on any atom is -0.409 e. The first-order valence-corrected chi connectivity index (χ1v) is 4.98. The monoisotopic (exact) mass is 229 g/mol. The fourth-order valence-electron chi connectivity index (χ4n) is 1.49. The van der Waals surface area contributed by atoms with Gasteiger partial charge in [0.25, 0.3) is 5.56 Å². The molecule has 0 bridgehead atoms. The van der Waals surface area contributed by atoms with E-state index >= 15 is 0 Å². The molecule has 1 heterocycles. The molecule has 0 radical (unpaired) electrons. The zero-order valence-electron chi connectivity index (χ0n) is 8.95. The largest absolute Gasteiger partial charge is 0.409 e. The van der Waals surface area contributed by atoms with Crippen LogP contribution in [0.4, 0.5) is 0 Å². The van der Waals surface area contributed by atoms with Crippen molar-refractivity contribution in [3.8, 4) is 5.69 Å². The third-order valence-corrected chi connectivity index (χ3v) is 2.37. The van der Waals surface area contributed by atoms with Crippen molar-refractivity contribution in [3.63, 3.8) is 0 Å². The predicted molar refractivity (Wildman–Crippen MR) is 64.5 cm³/mol. The summed E-state index contributed by atoms with van der Waals surface area (Å²) in [6.07, 6.45) is 1.68. The van der Waals surface area contributed by atoms with Crippen LogP contribution in [-0.4, -0.2) is 15.6 Å². The van der Waals surface area contributed by atoms with Crippen LogP contribution < -0.4 is 11.3 Å². The Balaban J connectivity index is 2.43. The van der Waals surface area contributed by atoms with Crippen LogP contribution in [0.1, 0.15) is 5.56 Å². The van der Waals surface area contributed by atoms with Gasteiger partial charge in [-0.05, 0) is 30.3 Å². The molecule has 0 atom stereocenters. The standard InChI is InChI=1S/C12H11N3O2/c13-12(14-17)9-4-6-10(7-5-9)15-8-2-1-3-11(15)16/h1-8,17H,(H2,13,14). The van der Waals surface area contributed by atoms with Crippen molar-refractivity contribution in [1.82, 2.24) is 4.57 Å². The molecule has 17 heavy (non-hydrogen) atoms. The van der Waals surface area contributed by atoms with E-state index in [1.807, 2.05) is 0 Å². The van der Waals surface area contributed by atoms with Gasteiger partial charge in [-0.2, -0.15) is 0 Å². The molecular formula is C12H11N3O2. The van der Waals surface area contributed by atoms with Crippen molar-refractivity contribution in [2.24, 2.45) is 10.9 Å². The molecule has 0 spiro atoms. The number of oxime groups is 1. The molecule has 1 aromatic heterocycles. The number of pyridine rings is 1. The second-order valence-corrected chi connectivity index (χ2v) is 3.44. The highest BCUT2D eigenvalue weighted by atomic mass is 16.4. The average Bonchev–Trinajstić information content (AvgIpc) is 2.39.